The van der Waals surface area contributed by atoms with Crippen LogP contribution in [0.3, 0.4) is 0 Å². The smallest absolute Gasteiger partial charge is 0.497 e. The molecule has 0 fully saturated rings. The molecule has 0 atom stereocenters. The monoisotopic (exact) mass is 623 g/mol. The molecule has 0 aliphatic rings. The molecule has 4 aromatic heterocycles. The number of hydrogen-bond donors (Lipinski definition) is 0. The number of rotatable bonds is 4. The molecular weight excluding hydrogens is 601 g/mol. The third kappa shape index (κ3) is 4.01. The summed E-state index contributed by atoms with van der Waals surface area (Å²) in [6.07, 6.45) is 1.82. The standard InChI is InChI=1S/C34H23N5O.Pd/c1-21(2)38-29-13-5-3-11-27(29)36-33(38)22-9-7-10-23(19-22)40-24-16-17-25-26(20-24)34-37-28-12-4-6-14-30(28)39(34)31-15-8-18-35-32(25)31;/h3-18,21H,1-2H3;/q-2;+2. The number of nitrogens with zero attached hydrogens (tertiary/aromatic N) is 5. The van der Waals surface area contributed by atoms with Crippen molar-refractivity contribution in [1.82, 2.24) is 23.9 Å². The molecule has 0 amide bonds. The molecule has 0 saturated carbocycles. The summed E-state index contributed by atoms with van der Waals surface area (Å²) >= 11 is 0. The van der Waals surface area contributed by atoms with Crippen LogP contribution in [0.1, 0.15) is 19.9 Å². The summed E-state index contributed by atoms with van der Waals surface area (Å²) in [4.78, 5) is 14.6. The Kier molecular flexibility index (Phi) is 6.08. The van der Waals surface area contributed by atoms with E-state index < -0.39 is 0 Å². The molecule has 200 valence electrons. The van der Waals surface area contributed by atoms with E-state index in [1.165, 1.54) is 0 Å². The van der Waals surface area contributed by atoms with Gasteiger partial charge >= 0.3 is 20.4 Å². The molecule has 0 unspecified atom stereocenters. The van der Waals surface area contributed by atoms with E-state index in [0.717, 1.165) is 60.9 Å². The Labute approximate surface area is 249 Å². The maximum absolute atomic E-state index is 6.35. The molecule has 0 spiro atoms. The van der Waals surface area contributed by atoms with Crippen LogP contribution in [0, 0.1) is 12.1 Å². The van der Waals surface area contributed by atoms with Gasteiger partial charge in [-0.3, -0.25) is 15.0 Å². The Morgan fingerprint density at radius 2 is 1.44 bits per heavy atom. The van der Waals surface area contributed by atoms with Gasteiger partial charge in [-0.05, 0) is 50.2 Å². The maximum Gasteiger partial charge on any atom is 2.00 e. The Hall–Kier alpha value is -4.57. The number of ether oxygens (including phenoxy) is 1. The largest absolute Gasteiger partial charge is 2.00 e. The molecular formula is C34H23N5OPd. The fourth-order valence-corrected chi connectivity index (χ4v) is 5.64. The van der Waals surface area contributed by atoms with Crippen LogP contribution < -0.4 is 4.74 Å². The molecule has 4 aromatic carbocycles. The maximum atomic E-state index is 6.35. The number of imidazole rings is 2. The van der Waals surface area contributed by atoms with Crippen LogP contribution in [0.5, 0.6) is 11.5 Å². The number of aromatic nitrogens is 5. The van der Waals surface area contributed by atoms with Gasteiger partial charge in [0.1, 0.15) is 0 Å². The molecule has 8 aromatic rings. The molecule has 7 heteroatoms. The van der Waals surface area contributed by atoms with E-state index >= 15 is 0 Å². The van der Waals surface area contributed by atoms with Crippen molar-refractivity contribution in [2.75, 3.05) is 0 Å². The van der Waals surface area contributed by atoms with Crippen LogP contribution in [-0.4, -0.2) is 23.9 Å². The van der Waals surface area contributed by atoms with Gasteiger partial charge in [-0.25, -0.2) is 0 Å². The average Bonchev–Trinajstić information content (AvgIpc) is 3.57. The van der Waals surface area contributed by atoms with Gasteiger partial charge in [0, 0.05) is 23.7 Å². The number of pyridine rings is 2. The Morgan fingerprint density at radius 3 is 2.27 bits per heavy atom. The second kappa shape index (κ2) is 9.81. The minimum Gasteiger partial charge on any atom is -0.497 e. The first kappa shape index (κ1) is 25.4. The molecule has 6 nitrogen and oxygen atoms in total. The molecule has 0 N–H and O–H groups in total. The van der Waals surface area contributed by atoms with Crippen molar-refractivity contribution in [3.63, 3.8) is 0 Å². The van der Waals surface area contributed by atoms with Gasteiger partial charge in [0.15, 0.2) is 0 Å². The summed E-state index contributed by atoms with van der Waals surface area (Å²) in [5, 5.41) is 1.84. The van der Waals surface area contributed by atoms with E-state index in [9.17, 15) is 0 Å². The van der Waals surface area contributed by atoms with Crippen LogP contribution in [0.2, 0.25) is 0 Å². The Bertz CT molecular complexity index is 2250. The van der Waals surface area contributed by atoms with E-state index in [1.807, 2.05) is 79.0 Å². The van der Waals surface area contributed by atoms with Gasteiger partial charge in [-0.2, -0.15) is 0 Å². The van der Waals surface area contributed by atoms with E-state index in [4.69, 9.17) is 19.7 Å². The van der Waals surface area contributed by atoms with Crippen molar-refractivity contribution in [2.24, 2.45) is 0 Å². The van der Waals surface area contributed by atoms with Gasteiger partial charge in [0.05, 0.1) is 44.6 Å². The molecule has 0 aliphatic carbocycles. The zero-order chi connectivity index (χ0) is 26.8. The fraction of sp³-hybridized carbons (Fsp3) is 0.0882. The molecule has 4 heterocycles. The summed E-state index contributed by atoms with van der Waals surface area (Å²) < 4.78 is 10.7. The van der Waals surface area contributed by atoms with Crippen molar-refractivity contribution in [1.29, 1.82) is 0 Å². The van der Waals surface area contributed by atoms with Gasteiger partial charge in [-0.1, -0.05) is 53.2 Å². The van der Waals surface area contributed by atoms with E-state index in [2.05, 4.69) is 53.1 Å². The van der Waals surface area contributed by atoms with Gasteiger partial charge in [-0.15, -0.1) is 29.8 Å². The predicted molar refractivity (Wildman–Crippen MR) is 159 cm³/mol. The topological polar surface area (TPSA) is 57.2 Å². The summed E-state index contributed by atoms with van der Waals surface area (Å²) in [6.45, 7) is 4.33. The first-order chi connectivity index (χ1) is 19.7. The third-order valence-electron chi connectivity index (χ3n) is 7.33. The van der Waals surface area contributed by atoms with Crippen molar-refractivity contribution in [2.45, 2.75) is 19.9 Å². The van der Waals surface area contributed by atoms with Crippen molar-refractivity contribution in [3.05, 3.63) is 109 Å². The van der Waals surface area contributed by atoms with Crippen molar-refractivity contribution < 1.29 is 25.2 Å². The third-order valence-corrected chi connectivity index (χ3v) is 7.33. The van der Waals surface area contributed by atoms with Crippen LogP contribution in [0.25, 0.3) is 60.9 Å². The summed E-state index contributed by atoms with van der Waals surface area (Å²) in [5.74, 6) is 2.05. The quantitative estimate of drug-likeness (QED) is 0.113. The fourth-order valence-electron chi connectivity index (χ4n) is 5.64. The minimum atomic E-state index is 0. The molecule has 8 rings (SSSR count). The van der Waals surface area contributed by atoms with Gasteiger partial charge in [0.25, 0.3) is 0 Å². The molecule has 0 radical (unpaired) electrons. The molecule has 0 aliphatic heterocycles. The normalized spacial score (nSPS) is 11.7. The first-order valence-corrected chi connectivity index (χ1v) is 13.3. The Morgan fingerprint density at radius 1 is 0.707 bits per heavy atom. The van der Waals surface area contributed by atoms with Gasteiger partial charge in [0.2, 0.25) is 0 Å². The number of hydrogen-bond acceptors (Lipinski definition) is 4. The molecule has 0 saturated heterocycles. The predicted octanol–water partition coefficient (Wildman–Crippen LogP) is 8.18. The molecule has 41 heavy (non-hydrogen) atoms. The SMILES string of the molecule is CC(C)n1c(-c2[c-]c(Oc3[c-]c4c(cc3)c3ncccc3n3c5ccccc5nc43)ccc2)nc2ccccc21.[Pd+2]. The average molecular weight is 624 g/mol. The van der Waals surface area contributed by atoms with Crippen LogP contribution >= 0.6 is 0 Å². The van der Waals surface area contributed by atoms with Crippen LogP contribution in [0.4, 0.5) is 0 Å². The minimum absolute atomic E-state index is 0. The van der Waals surface area contributed by atoms with E-state index in [-0.39, 0.29) is 26.5 Å². The Balaban J connectivity index is 0.00000276. The van der Waals surface area contributed by atoms with Crippen LogP contribution in [0.15, 0.2) is 97.2 Å². The van der Waals surface area contributed by atoms with Crippen molar-refractivity contribution in [3.8, 4) is 22.9 Å². The second-order valence-corrected chi connectivity index (χ2v) is 10.2. The van der Waals surface area contributed by atoms with E-state index in [1.54, 1.807) is 0 Å². The number of benzene rings is 4. The summed E-state index contributed by atoms with van der Waals surface area (Å²) in [6, 6.07) is 37.5. The van der Waals surface area contributed by atoms with Crippen LogP contribution in [-0.2, 0) is 20.4 Å². The second-order valence-electron chi connectivity index (χ2n) is 10.2. The summed E-state index contributed by atoms with van der Waals surface area (Å²) in [7, 11) is 0. The van der Waals surface area contributed by atoms with Gasteiger partial charge < -0.3 is 13.7 Å². The molecule has 0 bridgehead atoms. The zero-order valence-corrected chi connectivity index (χ0v) is 23.8. The summed E-state index contributed by atoms with van der Waals surface area (Å²) in [5.41, 5.74) is 7.63. The van der Waals surface area contributed by atoms with Crippen molar-refractivity contribution >= 4 is 49.5 Å². The zero-order valence-electron chi connectivity index (χ0n) is 22.3. The first-order valence-electron chi connectivity index (χ1n) is 13.3. The van der Waals surface area contributed by atoms with E-state index in [0.29, 0.717) is 11.5 Å². The number of para-hydroxylation sites is 4. The number of fused-ring (bicyclic) bond motifs is 9.